The smallest absolute Gasteiger partial charge is 0.255 e. The van der Waals surface area contributed by atoms with Crippen LogP contribution in [-0.2, 0) is 16.4 Å². The minimum absolute atomic E-state index is 0. The molecule has 3 rings (SSSR count). The summed E-state index contributed by atoms with van der Waals surface area (Å²) in [4.78, 5) is 15.2. The van der Waals surface area contributed by atoms with Crippen molar-refractivity contribution in [3.8, 4) is 5.75 Å². The molecule has 1 heterocycles. The zero-order chi connectivity index (χ0) is 26.3. The molecule has 1 amide bonds. The second-order valence-electron chi connectivity index (χ2n) is 9.65. The first-order chi connectivity index (χ1) is 17.1. The Balaban J connectivity index is 0.00000481. The summed E-state index contributed by atoms with van der Waals surface area (Å²) in [5.74, 6) is 0.313. The molecular weight excluding hydrogens is 517 g/mol. The van der Waals surface area contributed by atoms with Gasteiger partial charge in [0.1, 0.15) is 11.6 Å². The topological polar surface area (TPSA) is 79.0 Å². The lowest BCUT2D eigenvalue weighted by atomic mass is 9.96. The van der Waals surface area contributed by atoms with E-state index in [2.05, 4.69) is 24.1 Å². The predicted octanol–water partition coefficient (Wildman–Crippen LogP) is 4.82. The fourth-order valence-corrected chi connectivity index (χ4v) is 5.65. The molecule has 1 aliphatic heterocycles. The number of carbonyl (C=O) groups is 1. The summed E-state index contributed by atoms with van der Waals surface area (Å²) in [6.45, 7) is 7.47. The number of amides is 1. The van der Waals surface area contributed by atoms with Gasteiger partial charge in [-0.1, -0.05) is 13.0 Å². The normalized spacial score (nSPS) is 15.7. The number of sulfonamides is 1. The van der Waals surface area contributed by atoms with Gasteiger partial charge in [0, 0.05) is 31.2 Å². The maximum absolute atomic E-state index is 13.2. The molecule has 1 atom stereocenters. The second-order valence-corrected chi connectivity index (χ2v) is 11.6. The molecule has 1 saturated heterocycles. The van der Waals surface area contributed by atoms with E-state index in [0.29, 0.717) is 36.0 Å². The first-order valence-corrected chi connectivity index (χ1v) is 14.4. The highest BCUT2D eigenvalue weighted by molar-refractivity contribution is 7.88. The Labute approximate surface area is 226 Å². The van der Waals surface area contributed by atoms with Crippen molar-refractivity contribution in [2.24, 2.45) is 5.92 Å². The van der Waals surface area contributed by atoms with Gasteiger partial charge in [0.15, 0.2) is 0 Å². The summed E-state index contributed by atoms with van der Waals surface area (Å²) >= 11 is 0. The maximum atomic E-state index is 13.2. The second kappa shape index (κ2) is 14.1. The zero-order valence-electron chi connectivity index (χ0n) is 22.1. The van der Waals surface area contributed by atoms with Crippen LogP contribution in [0.5, 0.6) is 5.75 Å². The van der Waals surface area contributed by atoms with Crippen LogP contribution in [0.2, 0.25) is 0 Å². The highest BCUT2D eigenvalue weighted by Gasteiger charge is 2.27. The number of carbonyl (C=O) groups excluding carboxylic acids is 1. The van der Waals surface area contributed by atoms with Crippen molar-refractivity contribution in [3.05, 3.63) is 59.4 Å². The number of piperidine rings is 1. The molecular formula is C27H39ClFN3O4S. The van der Waals surface area contributed by atoms with E-state index in [-0.39, 0.29) is 24.4 Å². The molecule has 206 valence electrons. The molecule has 37 heavy (non-hydrogen) atoms. The molecule has 0 aromatic heterocycles. The fourth-order valence-electron chi connectivity index (χ4n) is 4.78. The standard InChI is InChI=1S/C27H38FN3O4S.ClH/c1-5-14-30(19-21-12-15-31(16-13-21)36(4,33)34)20(2)17-22-6-11-26(35-3)25(18-22)29-27(32)23-7-9-24(28)10-8-23;/h6-11,18,20-21H,5,12-17,19H2,1-4H3,(H,29,32);1H/t20-;/m0./s1. The Hall–Kier alpha value is -2.20. The van der Waals surface area contributed by atoms with Crippen LogP contribution in [-0.4, -0.2) is 69.1 Å². The Morgan fingerprint density at radius 2 is 1.84 bits per heavy atom. The first kappa shape index (κ1) is 31.0. The molecule has 0 unspecified atom stereocenters. The molecule has 2 aromatic carbocycles. The minimum Gasteiger partial charge on any atom is -0.495 e. The lowest BCUT2D eigenvalue weighted by molar-refractivity contribution is 0.102. The van der Waals surface area contributed by atoms with Crippen molar-refractivity contribution in [2.75, 3.05) is 44.9 Å². The van der Waals surface area contributed by atoms with Crippen molar-refractivity contribution in [3.63, 3.8) is 0 Å². The van der Waals surface area contributed by atoms with E-state index in [1.807, 2.05) is 18.2 Å². The number of hydrogen-bond acceptors (Lipinski definition) is 5. The van der Waals surface area contributed by atoms with E-state index >= 15 is 0 Å². The van der Waals surface area contributed by atoms with Crippen molar-refractivity contribution >= 4 is 34.0 Å². The van der Waals surface area contributed by atoms with Crippen molar-refractivity contribution in [2.45, 2.75) is 45.6 Å². The third-order valence-corrected chi connectivity index (χ3v) is 8.12. The molecule has 1 aliphatic rings. The molecule has 0 saturated carbocycles. The summed E-state index contributed by atoms with van der Waals surface area (Å²) < 4.78 is 43.9. The van der Waals surface area contributed by atoms with Gasteiger partial charge < -0.3 is 15.0 Å². The van der Waals surface area contributed by atoms with Crippen molar-refractivity contribution in [1.29, 1.82) is 0 Å². The molecule has 0 aliphatic carbocycles. The van der Waals surface area contributed by atoms with E-state index in [1.165, 1.54) is 30.5 Å². The van der Waals surface area contributed by atoms with Crippen LogP contribution in [0.25, 0.3) is 0 Å². The van der Waals surface area contributed by atoms with Gasteiger partial charge in [-0.3, -0.25) is 4.79 Å². The Kier molecular flexibility index (Phi) is 11.8. The average molecular weight is 556 g/mol. The highest BCUT2D eigenvalue weighted by atomic mass is 35.5. The zero-order valence-corrected chi connectivity index (χ0v) is 23.7. The van der Waals surface area contributed by atoms with Crippen molar-refractivity contribution < 1.29 is 22.3 Å². The summed E-state index contributed by atoms with van der Waals surface area (Å²) in [5.41, 5.74) is 2.02. The minimum atomic E-state index is -3.12. The van der Waals surface area contributed by atoms with Gasteiger partial charge in [-0.05, 0) is 87.0 Å². The number of methoxy groups -OCH3 is 1. The average Bonchev–Trinajstić information content (AvgIpc) is 2.84. The lowest BCUT2D eigenvalue weighted by Crippen LogP contribution is -2.44. The number of anilines is 1. The number of nitrogens with zero attached hydrogens (tertiary/aromatic N) is 2. The summed E-state index contributed by atoms with van der Waals surface area (Å²) in [7, 11) is -1.56. The van der Waals surface area contributed by atoms with Crippen LogP contribution in [0.3, 0.4) is 0 Å². The summed E-state index contributed by atoms with van der Waals surface area (Å²) in [6.07, 6.45) is 4.87. The maximum Gasteiger partial charge on any atom is 0.255 e. The molecule has 0 radical (unpaired) electrons. The van der Waals surface area contributed by atoms with Crippen LogP contribution in [0.4, 0.5) is 10.1 Å². The van der Waals surface area contributed by atoms with Crippen LogP contribution in [0.1, 0.15) is 49.0 Å². The van der Waals surface area contributed by atoms with Gasteiger partial charge in [-0.2, -0.15) is 0 Å². The highest BCUT2D eigenvalue weighted by Crippen LogP contribution is 2.28. The number of nitrogens with one attached hydrogen (secondary N) is 1. The predicted molar refractivity (Wildman–Crippen MR) is 149 cm³/mol. The van der Waals surface area contributed by atoms with Crippen LogP contribution < -0.4 is 10.1 Å². The van der Waals surface area contributed by atoms with Gasteiger partial charge >= 0.3 is 0 Å². The van der Waals surface area contributed by atoms with E-state index in [9.17, 15) is 17.6 Å². The number of ether oxygens (including phenoxy) is 1. The van der Waals surface area contributed by atoms with Crippen LogP contribution in [0, 0.1) is 11.7 Å². The van der Waals surface area contributed by atoms with Gasteiger partial charge in [0.2, 0.25) is 10.0 Å². The van der Waals surface area contributed by atoms with Gasteiger partial charge in [0.05, 0.1) is 19.1 Å². The Morgan fingerprint density at radius 3 is 2.41 bits per heavy atom. The number of hydrogen-bond donors (Lipinski definition) is 1. The Morgan fingerprint density at radius 1 is 1.19 bits per heavy atom. The summed E-state index contributed by atoms with van der Waals surface area (Å²) in [6, 6.07) is 11.5. The quantitative estimate of drug-likeness (QED) is 0.430. The van der Waals surface area contributed by atoms with E-state index in [4.69, 9.17) is 4.74 Å². The third kappa shape index (κ3) is 8.95. The monoisotopic (exact) mass is 555 g/mol. The number of halogens is 2. The van der Waals surface area contributed by atoms with Crippen LogP contribution >= 0.6 is 12.4 Å². The Bertz CT molecular complexity index is 1120. The molecule has 0 bridgehead atoms. The van der Waals surface area contributed by atoms with Crippen molar-refractivity contribution in [1.82, 2.24) is 9.21 Å². The van der Waals surface area contributed by atoms with Gasteiger partial charge in [0.25, 0.3) is 5.91 Å². The molecule has 0 spiro atoms. The number of benzene rings is 2. The molecule has 1 N–H and O–H groups in total. The van der Waals surface area contributed by atoms with E-state index < -0.39 is 15.8 Å². The van der Waals surface area contributed by atoms with Gasteiger partial charge in [-0.15, -0.1) is 12.4 Å². The SMILES string of the molecule is CCCN(CC1CCN(S(C)(=O)=O)CC1)[C@@H](C)Cc1ccc(OC)c(NC(=O)c2ccc(F)cc2)c1.Cl. The lowest BCUT2D eigenvalue weighted by Gasteiger charge is -2.36. The molecule has 2 aromatic rings. The number of rotatable bonds is 11. The third-order valence-electron chi connectivity index (χ3n) is 6.82. The summed E-state index contributed by atoms with van der Waals surface area (Å²) in [5, 5.41) is 2.89. The molecule has 7 nitrogen and oxygen atoms in total. The van der Waals surface area contributed by atoms with E-state index in [1.54, 1.807) is 11.4 Å². The first-order valence-electron chi connectivity index (χ1n) is 12.5. The molecule has 10 heteroatoms. The largest absolute Gasteiger partial charge is 0.495 e. The van der Waals surface area contributed by atoms with Gasteiger partial charge in [-0.25, -0.2) is 17.1 Å². The fraction of sp³-hybridized carbons (Fsp3) is 0.519. The van der Waals surface area contributed by atoms with Crippen LogP contribution in [0.15, 0.2) is 42.5 Å². The van der Waals surface area contributed by atoms with E-state index in [0.717, 1.165) is 44.3 Å². The molecule has 1 fully saturated rings.